The summed E-state index contributed by atoms with van der Waals surface area (Å²) in [6.07, 6.45) is 0. The summed E-state index contributed by atoms with van der Waals surface area (Å²) in [7, 11) is 0. The fraction of sp³-hybridized carbons (Fsp3) is 0.364. The Kier molecular flexibility index (Phi) is 6.35. The van der Waals surface area contributed by atoms with Gasteiger partial charge < -0.3 is 19.6 Å². The molecular weight excluding hydrogens is 423 g/mol. The van der Waals surface area contributed by atoms with E-state index in [-0.39, 0.29) is 0 Å². The smallest absolute Gasteiger partial charge is 0.312 e. The zero-order chi connectivity index (χ0) is 21.1. The molecule has 0 N–H and O–H groups in total. The molecule has 2 aliphatic rings. The van der Waals surface area contributed by atoms with Crippen LogP contribution in [0, 0.1) is 0 Å². The molecule has 0 saturated carbocycles. The lowest BCUT2D eigenvalue weighted by molar-refractivity contribution is -0.152. The second-order valence-electron chi connectivity index (χ2n) is 7.52. The molecule has 0 aromatic heterocycles. The molecule has 8 heteroatoms. The van der Waals surface area contributed by atoms with E-state index in [1.54, 1.807) is 9.80 Å². The maximum absolute atomic E-state index is 12.8. The summed E-state index contributed by atoms with van der Waals surface area (Å²) >= 11 is 12.2. The van der Waals surface area contributed by atoms with Gasteiger partial charge in [-0.3, -0.25) is 9.59 Å². The van der Waals surface area contributed by atoms with Crippen LogP contribution >= 0.6 is 23.2 Å². The second-order valence-corrected chi connectivity index (χ2v) is 8.39. The van der Waals surface area contributed by atoms with Crippen LogP contribution in [0.3, 0.4) is 0 Å². The van der Waals surface area contributed by atoms with Gasteiger partial charge in [-0.25, -0.2) is 0 Å². The summed E-state index contributed by atoms with van der Waals surface area (Å²) in [4.78, 5) is 33.2. The SMILES string of the molecule is O=C(C(=O)N1CCN(c2cccc(Cl)c2)CC1)N1CCN(c2cccc(Cl)c2)CC1. The molecule has 158 valence electrons. The first-order valence-corrected chi connectivity index (χ1v) is 10.9. The lowest BCUT2D eigenvalue weighted by Gasteiger charge is -2.38. The fourth-order valence-corrected chi connectivity index (χ4v) is 4.32. The van der Waals surface area contributed by atoms with Crippen molar-refractivity contribution >= 4 is 46.4 Å². The topological polar surface area (TPSA) is 47.1 Å². The van der Waals surface area contributed by atoms with Crippen LogP contribution in [0.2, 0.25) is 10.0 Å². The standard InChI is InChI=1S/C22H24Cl2N4O2/c23-17-3-1-5-19(15-17)25-7-11-27(12-8-25)21(29)22(30)28-13-9-26(10-14-28)20-6-2-4-18(24)16-20/h1-6,15-16H,7-14H2. The van der Waals surface area contributed by atoms with Crippen LogP contribution in [0.1, 0.15) is 0 Å². The zero-order valence-corrected chi connectivity index (χ0v) is 18.1. The number of nitrogens with zero attached hydrogens (tertiary/aromatic N) is 4. The minimum absolute atomic E-state index is 0.406. The first kappa shape index (κ1) is 20.8. The molecule has 2 heterocycles. The van der Waals surface area contributed by atoms with Crippen molar-refractivity contribution in [2.75, 3.05) is 62.2 Å². The lowest BCUT2D eigenvalue weighted by Crippen LogP contribution is -2.56. The van der Waals surface area contributed by atoms with Crippen LogP contribution in [0.25, 0.3) is 0 Å². The van der Waals surface area contributed by atoms with Crippen molar-refractivity contribution in [1.82, 2.24) is 9.80 Å². The third kappa shape index (κ3) is 4.65. The Morgan fingerprint density at radius 3 is 1.30 bits per heavy atom. The van der Waals surface area contributed by atoms with Crippen LogP contribution in [0.15, 0.2) is 48.5 Å². The fourth-order valence-electron chi connectivity index (χ4n) is 3.95. The van der Waals surface area contributed by atoms with Gasteiger partial charge in [0.25, 0.3) is 0 Å². The Bertz CT molecular complexity index is 847. The number of rotatable bonds is 2. The molecule has 2 aromatic carbocycles. The number of carbonyl (C=O) groups excluding carboxylic acids is 2. The monoisotopic (exact) mass is 446 g/mol. The van der Waals surface area contributed by atoms with Gasteiger partial charge in [0.2, 0.25) is 0 Å². The number of amides is 2. The summed E-state index contributed by atoms with van der Waals surface area (Å²) < 4.78 is 0. The maximum Gasteiger partial charge on any atom is 0.312 e. The highest BCUT2D eigenvalue weighted by Gasteiger charge is 2.31. The lowest BCUT2D eigenvalue weighted by atomic mass is 10.2. The van der Waals surface area contributed by atoms with E-state index in [1.165, 1.54) is 0 Å². The van der Waals surface area contributed by atoms with Crippen molar-refractivity contribution in [3.8, 4) is 0 Å². The van der Waals surface area contributed by atoms with Gasteiger partial charge in [-0.2, -0.15) is 0 Å². The first-order chi connectivity index (χ1) is 14.5. The summed E-state index contributed by atoms with van der Waals surface area (Å²) in [6, 6.07) is 15.4. The predicted molar refractivity (Wildman–Crippen MR) is 120 cm³/mol. The van der Waals surface area contributed by atoms with Crippen molar-refractivity contribution in [3.05, 3.63) is 58.6 Å². The molecule has 2 amide bonds. The summed E-state index contributed by atoms with van der Waals surface area (Å²) in [5, 5.41) is 1.39. The molecular formula is C22H24Cl2N4O2. The number of halogens is 2. The highest BCUT2D eigenvalue weighted by molar-refractivity contribution is 6.35. The molecule has 2 aromatic rings. The highest BCUT2D eigenvalue weighted by Crippen LogP contribution is 2.22. The molecule has 0 aliphatic carbocycles. The summed E-state index contributed by atoms with van der Waals surface area (Å²) in [5.41, 5.74) is 2.08. The van der Waals surface area contributed by atoms with E-state index in [0.717, 1.165) is 11.4 Å². The Hall–Kier alpha value is -2.44. The van der Waals surface area contributed by atoms with E-state index >= 15 is 0 Å². The molecule has 2 fully saturated rings. The second kappa shape index (κ2) is 9.14. The van der Waals surface area contributed by atoms with Gasteiger partial charge in [0.1, 0.15) is 0 Å². The van der Waals surface area contributed by atoms with E-state index in [2.05, 4.69) is 9.80 Å². The Balaban J connectivity index is 1.29. The Morgan fingerprint density at radius 2 is 0.967 bits per heavy atom. The van der Waals surface area contributed by atoms with Crippen molar-refractivity contribution < 1.29 is 9.59 Å². The molecule has 2 aliphatic heterocycles. The highest BCUT2D eigenvalue weighted by atomic mass is 35.5. The molecule has 0 unspecified atom stereocenters. The van der Waals surface area contributed by atoms with Gasteiger partial charge in [-0.15, -0.1) is 0 Å². The average molecular weight is 447 g/mol. The minimum atomic E-state index is -0.406. The predicted octanol–water partition coefficient (Wildman–Crippen LogP) is 2.99. The molecule has 30 heavy (non-hydrogen) atoms. The van der Waals surface area contributed by atoms with Crippen molar-refractivity contribution in [2.24, 2.45) is 0 Å². The largest absolute Gasteiger partial charge is 0.368 e. The molecule has 2 saturated heterocycles. The van der Waals surface area contributed by atoms with E-state index < -0.39 is 11.8 Å². The van der Waals surface area contributed by atoms with Crippen molar-refractivity contribution in [2.45, 2.75) is 0 Å². The van der Waals surface area contributed by atoms with Gasteiger partial charge in [0, 0.05) is 73.8 Å². The van der Waals surface area contributed by atoms with Crippen molar-refractivity contribution in [3.63, 3.8) is 0 Å². The quantitative estimate of drug-likeness (QED) is 0.665. The maximum atomic E-state index is 12.8. The number of carbonyl (C=O) groups is 2. The van der Waals surface area contributed by atoms with E-state index in [0.29, 0.717) is 62.4 Å². The van der Waals surface area contributed by atoms with Gasteiger partial charge in [0.05, 0.1) is 0 Å². The van der Waals surface area contributed by atoms with Crippen LogP contribution in [-0.4, -0.2) is 74.0 Å². The Labute approximate surface area is 186 Å². The van der Waals surface area contributed by atoms with Crippen LogP contribution in [0.4, 0.5) is 11.4 Å². The molecule has 6 nitrogen and oxygen atoms in total. The van der Waals surface area contributed by atoms with Crippen LogP contribution < -0.4 is 9.80 Å². The normalized spacial score (nSPS) is 17.3. The molecule has 0 atom stereocenters. The van der Waals surface area contributed by atoms with Crippen LogP contribution in [-0.2, 0) is 9.59 Å². The number of benzene rings is 2. The first-order valence-electron chi connectivity index (χ1n) is 10.1. The van der Waals surface area contributed by atoms with Crippen molar-refractivity contribution in [1.29, 1.82) is 0 Å². The molecule has 0 radical (unpaired) electrons. The number of piperazine rings is 2. The van der Waals surface area contributed by atoms with E-state index in [1.807, 2.05) is 48.5 Å². The van der Waals surface area contributed by atoms with E-state index in [4.69, 9.17) is 23.2 Å². The van der Waals surface area contributed by atoms with Gasteiger partial charge in [0.15, 0.2) is 0 Å². The summed E-state index contributed by atoms with van der Waals surface area (Å²) in [5.74, 6) is -0.811. The Morgan fingerprint density at radius 1 is 0.600 bits per heavy atom. The number of hydrogen-bond acceptors (Lipinski definition) is 4. The molecule has 0 bridgehead atoms. The number of hydrogen-bond donors (Lipinski definition) is 0. The number of anilines is 2. The minimum Gasteiger partial charge on any atom is -0.368 e. The third-order valence-electron chi connectivity index (χ3n) is 5.66. The molecule has 4 rings (SSSR count). The third-order valence-corrected chi connectivity index (χ3v) is 6.13. The van der Waals surface area contributed by atoms with E-state index in [9.17, 15) is 9.59 Å². The zero-order valence-electron chi connectivity index (χ0n) is 16.6. The molecule has 0 spiro atoms. The van der Waals surface area contributed by atoms with Gasteiger partial charge >= 0.3 is 11.8 Å². The van der Waals surface area contributed by atoms with Crippen LogP contribution in [0.5, 0.6) is 0 Å². The average Bonchev–Trinajstić information content (AvgIpc) is 2.78. The van der Waals surface area contributed by atoms with Gasteiger partial charge in [-0.1, -0.05) is 35.3 Å². The van der Waals surface area contributed by atoms with Gasteiger partial charge in [-0.05, 0) is 36.4 Å². The summed E-state index contributed by atoms with van der Waals surface area (Å²) in [6.45, 7) is 4.84.